The van der Waals surface area contributed by atoms with Crippen LogP contribution in [-0.2, 0) is 24.7 Å². The van der Waals surface area contributed by atoms with Crippen molar-refractivity contribution in [3.8, 4) is 0 Å². The Labute approximate surface area is 124 Å². The summed E-state index contributed by atoms with van der Waals surface area (Å²) in [5.74, 6) is -3.29. The van der Waals surface area contributed by atoms with Crippen molar-refractivity contribution in [2.45, 2.75) is 19.4 Å². The Hall–Kier alpha value is -2.90. The minimum absolute atomic E-state index is 0.157. The van der Waals surface area contributed by atoms with Crippen LogP contribution in [0.1, 0.15) is 19.4 Å². The summed E-state index contributed by atoms with van der Waals surface area (Å²) in [6, 6.07) is 5.08. The molecule has 22 heavy (non-hydrogen) atoms. The number of carbonyl (C=O) groups excluding carboxylic acids is 2. The SMILES string of the molecule is CC(=O)OC1=C(NC(=O)O)OC(C)(c2cccc(F)c2)C1=O. The lowest BCUT2D eigenvalue weighted by molar-refractivity contribution is -0.142. The van der Waals surface area contributed by atoms with Gasteiger partial charge in [0.1, 0.15) is 5.82 Å². The quantitative estimate of drug-likeness (QED) is 0.823. The van der Waals surface area contributed by atoms with Gasteiger partial charge >= 0.3 is 12.1 Å². The molecule has 1 aromatic carbocycles. The molecule has 0 fully saturated rings. The van der Waals surface area contributed by atoms with Crippen molar-refractivity contribution in [2.24, 2.45) is 0 Å². The number of hydrogen-bond donors (Lipinski definition) is 2. The van der Waals surface area contributed by atoms with E-state index in [1.807, 2.05) is 5.32 Å². The molecule has 0 aromatic heterocycles. The van der Waals surface area contributed by atoms with Crippen LogP contribution in [0.2, 0.25) is 0 Å². The number of carbonyl (C=O) groups is 3. The lowest BCUT2D eigenvalue weighted by Crippen LogP contribution is -2.32. The van der Waals surface area contributed by atoms with Gasteiger partial charge in [-0.3, -0.25) is 14.9 Å². The topological polar surface area (TPSA) is 102 Å². The lowest BCUT2D eigenvalue weighted by atomic mass is 9.91. The van der Waals surface area contributed by atoms with Gasteiger partial charge < -0.3 is 14.6 Å². The van der Waals surface area contributed by atoms with E-state index in [9.17, 15) is 18.8 Å². The predicted octanol–water partition coefficient (Wildman–Crippen LogP) is 1.64. The molecule has 0 saturated heterocycles. The Kier molecular flexibility index (Phi) is 3.85. The molecule has 0 bridgehead atoms. The van der Waals surface area contributed by atoms with E-state index in [0.717, 1.165) is 13.0 Å². The Bertz CT molecular complexity index is 698. The molecule has 1 amide bonds. The standard InChI is InChI=1S/C14H12FNO6/c1-7(17)21-10-11(18)14(2,22-12(10)16-13(19)20)8-4-3-5-9(15)6-8/h3-6,16H,1-2H3,(H,19,20). The maximum atomic E-state index is 13.4. The van der Waals surface area contributed by atoms with E-state index in [1.54, 1.807) is 0 Å². The molecule has 0 spiro atoms. The third-order valence-electron chi connectivity index (χ3n) is 2.99. The normalized spacial score (nSPS) is 20.6. The van der Waals surface area contributed by atoms with Crippen LogP contribution in [0.4, 0.5) is 9.18 Å². The predicted molar refractivity (Wildman–Crippen MR) is 69.8 cm³/mol. The molecule has 116 valence electrons. The second-order valence-corrected chi connectivity index (χ2v) is 4.66. The highest BCUT2D eigenvalue weighted by atomic mass is 19.1. The Morgan fingerprint density at radius 2 is 2.09 bits per heavy atom. The maximum Gasteiger partial charge on any atom is 0.411 e. The molecule has 8 heteroatoms. The number of rotatable bonds is 3. The van der Waals surface area contributed by atoms with Crippen molar-refractivity contribution in [2.75, 3.05) is 0 Å². The number of benzene rings is 1. The fraction of sp³-hybridized carbons (Fsp3) is 0.214. The van der Waals surface area contributed by atoms with Gasteiger partial charge in [0, 0.05) is 12.5 Å². The second-order valence-electron chi connectivity index (χ2n) is 4.66. The molecule has 1 atom stereocenters. The molecular weight excluding hydrogens is 297 g/mol. The van der Waals surface area contributed by atoms with Crippen LogP contribution in [0, 0.1) is 5.82 Å². The zero-order valence-electron chi connectivity index (χ0n) is 11.7. The molecule has 1 aromatic rings. The summed E-state index contributed by atoms with van der Waals surface area (Å²) in [5, 5.41) is 10.6. The van der Waals surface area contributed by atoms with Gasteiger partial charge in [-0.2, -0.15) is 0 Å². The average Bonchev–Trinajstić information content (AvgIpc) is 2.63. The number of Topliss-reactive ketones (excluding diaryl/α,β-unsaturated/α-hetero) is 1. The summed E-state index contributed by atoms with van der Waals surface area (Å²) in [6.07, 6.45) is -1.50. The van der Waals surface area contributed by atoms with E-state index in [1.165, 1.54) is 25.1 Å². The Morgan fingerprint density at radius 1 is 1.41 bits per heavy atom. The van der Waals surface area contributed by atoms with E-state index in [4.69, 9.17) is 14.6 Å². The first kappa shape index (κ1) is 15.5. The fourth-order valence-electron chi connectivity index (χ4n) is 2.01. The van der Waals surface area contributed by atoms with Gasteiger partial charge in [0.15, 0.2) is 5.60 Å². The summed E-state index contributed by atoms with van der Waals surface area (Å²) in [4.78, 5) is 34.3. The van der Waals surface area contributed by atoms with E-state index in [-0.39, 0.29) is 5.56 Å². The number of amides is 1. The van der Waals surface area contributed by atoms with E-state index in [0.29, 0.717) is 0 Å². The number of hydrogen-bond acceptors (Lipinski definition) is 5. The Morgan fingerprint density at radius 3 is 2.64 bits per heavy atom. The monoisotopic (exact) mass is 309 g/mol. The van der Waals surface area contributed by atoms with Gasteiger partial charge in [0.2, 0.25) is 11.6 Å². The van der Waals surface area contributed by atoms with Crippen LogP contribution in [0.15, 0.2) is 35.9 Å². The summed E-state index contributed by atoms with van der Waals surface area (Å²) < 4.78 is 23.4. The number of carboxylic acid groups (broad SMARTS) is 1. The van der Waals surface area contributed by atoms with Crippen LogP contribution >= 0.6 is 0 Å². The Balaban J connectivity index is 2.45. The first-order valence-corrected chi connectivity index (χ1v) is 6.16. The van der Waals surface area contributed by atoms with Crippen LogP contribution in [-0.4, -0.2) is 23.0 Å². The van der Waals surface area contributed by atoms with E-state index < -0.39 is 40.9 Å². The number of ketones is 1. The lowest BCUT2D eigenvalue weighted by Gasteiger charge is -2.23. The first-order valence-electron chi connectivity index (χ1n) is 6.16. The summed E-state index contributed by atoms with van der Waals surface area (Å²) in [6.45, 7) is 2.38. The zero-order valence-corrected chi connectivity index (χ0v) is 11.7. The van der Waals surface area contributed by atoms with Gasteiger partial charge in [-0.1, -0.05) is 12.1 Å². The number of esters is 1. The van der Waals surface area contributed by atoms with Gasteiger partial charge in [-0.05, 0) is 19.1 Å². The van der Waals surface area contributed by atoms with Crippen LogP contribution < -0.4 is 5.32 Å². The highest BCUT2D eigenvalue weighted by Gasteiger charge is 2.50. The third-order valence-corrected chi connectivity index (χ3v) is 2.99. The number of ether oxygens (including phenoxy) is 2. The van der Waals surface area contributed by atoms with Crippen molar-refractivity contribution in [3.05, 3.63) is 47.3 Å². The molecule has 0 aliphatic carbocycles. The average molecular weight is 309 g/mol. The van der Waals surface area contributed by atoms with E-state index >= 15 is 0 Å². The zero-order chi connectivity index (χ0) is 16.5. The van der Waals surface area contributed by atoms with Gasteiger partial charge in [0.25, 0.3) is 5.78 Å². The highest BCUT2D eigenvalue weighted by Crippen LogP contribution is 2.38. The smallest absolute Gasteiger partial charge is 0.411 e. The maximum absolute atomic E-state index is 13.4. The van der Waals surface area contributed by atoms with Crippen molar-refractivity contribution in [1.82, 2.24) is 5.32 Å². The molecule has 1 heterocycles. The van der Waals surface area contributed by atoms with Crippen molar-refractivity contribution >= 4 is 17.8 Å². The van der Waals surface area contributed by atoms with Crippen LogP contribution in [0.5, 0.6) is 0 Å². The summed E-state index contributed by atoms with van der Waals surface area (Å²) >= 11 is 0. The minimum Gasteiger partial charge on any atom is -0.465 e. The van der Waals surface area contributed by atoms with Gasteiger partial charge in [-0.15, -0.1) is 0 Å². The van der Waals surface area contributed by atoms with Gasteiger partial charge in [0.05, 0.1) is 0 Å². The van der Waals surface area contributed by atoms with Crippen molar-refractivity contribution < 1.29 is 33.4 Å². The molecular formula is C14H12FNO6. The molecule has 1 aliphatic rings. The molecule has 0 saturated carbocycles. The van der Waals surface area contributed by atoms with Crippen molar-refractivity contribution in [1.29, 1.82) is 0 Å². The second kappa shape index (κ2) is 5.47. The summed E-state index contributed by atoms with van der Waals surface area (Å²) in [7, 11) is 0. The number of nitrogens with one attached hydrogen (secondary N) is 1. The highest BCUT2D eigenvalue weighted by molar-refractivity contribution is 6.04. The van der Waals surface area contributed by atoms with Crippen LogP contribution in [0.3, 0.4) is 0 Å². The summed E-state index contributed by atoms with van der Waals surface area (Å²) in [5.41, 5.74) is -1.55. The molecule has 7 nitrogen and oxygen atoms in total. The molecule has 1 unspecified atom stereocenters. The van der Waals surface area contributed by atoms with E-state index in [2.05, 4.69) is 0 Å². The fourth-order valence-corrected chi connectivity index (χ4v) is 2.01. The number of halogens is 1. The van der Waals surface area contributed by atoms with Gasteiger partial charge in [-0.25, -0.2) is 9.18 Å². The van der Waals surface area contributed by atoms with Crippen molar-refractivity contribution in [3.63, 3.8) is 0 Å². The molecule has 1 aliphatic heterocycles. The molecule has 0 radical (unpaired) electrons. The largest absolute Gasteiger partial charge is 0.465 e. The van der Waals surface area contributed by atoms with Crippen LogP contribution in [0.25, 0.3) is 0 Å². The minimum atomic E-state index is -1.70. The first-order chi connectivity index (χ1) is 10.2. The third kappa shape index (κ3) is 2.76. The molecule has 2 rings (SSSR count). The molecule has 2 N–H and O–H groups in total.